The molecule has 6 nitrogen and oxygen atoms in total. The molecule has 0 atom stereocenters. The van der Waals surface area contributed by atoms with Gasteiger partial charge >= 0.3 is 12.4 Å². The van der Waals surface area contributed by atoms with Crippen molar-refractivity contribution >= 4 is 15.7 Å². The summed E-state index contributed by atoms with van der Waals surface area (Å²) in [5, 5.41) is 5.03. The van der Waals surface area contributed by atoms with Gasteiger partial charge in [-0.2, -0.15) is 26.3 Å². The molecule has 0 saturated heterocycles. The third kappa shape index (κ3) is 5.13. The summed E-state index contributed by atoms with van der Waals surface area (Å²) in [5.74, 6) is 5.24. The number of nitrogens with two attached hydrogens (primary N) is 1. The fourth-order valence-corrected chi connectivity index (χ4v) is 3.63. The summed E-state index contributed by atoms with van der Waals surface area (Å²) in [6.45, 7) is 0. The topological polar surface area (TPSA) is 90.4 Å². The van der Waals surface area contributed by atoms with Crippen molar-refractivity contribution in [3.05, 3.63) is 83.4 Å². The van der Waals surface area contributed by atoms with Crippen LogP contribution in [0.2, 0.25) is 0 Å². The lowest BCUT2D eigenvalue weighted by atomic mass is 10.1. The third-order valence-corrected chi connectivity index (χ3v) is 5.74. The Balaban J connectivity index is 1.81. The summed E-state index contributed by atoms with van der Waals surface area (Å²) in [4.78, 5) is 7.89. The van der Waals surface area contributed by atoms with Crippen LogP contribution in [0.15, 0.2) is 65.8 Å². The average molecular weight is 510 g/mol. The smallest absolute Gasteiger partial charge is 0.278 e. The van der Waals surface area contributed by atoms with E-state index in [4.69, 9.17) is 5.14 Å². The van der Waals surface area contributed by atoms with Gasteiger partial charge in [0.1, 0.15) is 12.0 Å². The molecule has 0 amide bonds. The van der Waals surface area contributed by atoms with Crippen LogP contribution in [0.3, 0.4) is 0 Å². The maximum absolute atomic E-state index is 13.7. The maximum Gasteiger partial charge on any atom is 0.431 e. The Kier molecular flexibility index (Phi) is 5.82. The van der Waals surface area contributed by atoms with E-state index in [-0.39, 0.29) is 27.5 Å². The van der Waals surface area contributed by atoms with Crippen LogP contribution in [0.5, 0.6) is 0 Å². The molecule has 2 aromatic carbocycles. The summed E-state index contributed by atoms with van der Waals surface area (Å²) in [5.41, 5.74) is -2.35. The molecule has 2 N–H and O–H groups in total. The molecule has 2 heterocycles. The molecule has 4 aromatic rings. The van der Waals surface area contributed by atoms with Gasteiger partial charge in [-0.1, -0.05) is 18.1 Å². The van der Waals surface area contributed by atoms with Gasteiger partial charge in [0.25, 0.3) is 0 Å². The van der Waals surface area contributed by atoms with Crippen LogP contribution >= 0.6 is 0 Å². The number of aromatic nitrogens is 3. The van der Waals surface area contributed by atoms with Crippen LogP contribution in [0, 0.1) is 11.8 Å². The molecule has 35 heavy (non-hydrogen) atoms. The van der Waals surface area contributed by atoms with Gasteiger partial charge < -0.3 is 0 Å². The average Bonchev–Trinajstić information content (AvgIpc) is 3.18. The second-order valence-electron chi connectivity index (χ2n) is 7.21. The highest BCUT2D eigenvalue weighted by Crippen LogP contribution is 2.34. The van der Waals surface area contributed by atoms with Gasteiger partial charge in [-0.05, 0) is 48.4 Å². The van der Waals surface area contributed by atoms with Crippen LogP contribution in [-0.4, -0.2) is 22.8 Å². The van der Waals surface area contributed by atoms with Gasteiger partial charge in [0.05, 0.1) is 16.2 Å². The number of sulfonamides is 1. The number of alkyl halides is 6. The molecule has 0 aliphatic heterocycles. The van der Waals surface area contributed by atoms with Crippen LogP contribution in [0.1, 0.15) is 22.5 Å². The molecule has 0 bridgehead atoms. The summed E-state index contributed by atoms with van der Waals surface area (Å²) in [6.07, 6.45) is -8.54. The highest BCUT2D eigenvalue weighted by molar-refractivity contribution is 7.89. The zero-order chi connectivity index (χ0) is 25.6. The SMILES string of the molecule is NS(=O)(=O)c1ccc(C#Cc2ncn3c(C(F)(F)F)cc(-c4ccc(C(F)(F)F)cc4)nc23)cc1. The van der Waals surface area contributed by atoms with E-state index in [2.05, 4.69) is 21.8 Å². The first-order chi connectivity index (χ1) is 16.2. The second kappa shape index (κ2) is 8.40. The summed E-state index contributed by atoms with van der Waals surface area (Å²) in [7, 11) is -3.91. The minimum Gasteiger partial charge on any atom is -0.278 e. The predicted octanol–water partition coefficient (Wildman–Crippen LogP) is 4.48. The van der Waals surface area contributed by atoms with E-state index in [0.29, 0.717) is 16.0 Å². The molecule has 0 aliphatic carbocycles. The van der Waals surface area contributed by atoms with Crippen molar-refractivity contribution in [3.8, 4) is 23.1 Å². The monoisotopic (exact) mass is 510 g/mol. The van der Waals surface area contributed by atoms with Crippen molar-refractivity contribution in [2.75, 3.05) is 0 Å². The number of halogens is 6. The molecule has 13 heteroatoms. The van der Waals surface area contributed by atoms with E-state index in [9.17, 15) is 34.8 Å². The van der Waals surface area contributed by atoms with Gasteiger partial charge in [0, 0.05) is 11.1 Å². The summed E-state index contributed by atoms with van der Waals surface area (Å²) < 4.78 is 103. The van der Waals surface area contributed by atoms with Gasteiger partial charge in [-0.3, -0.25) is 4.40 Å². The van der Waals surface area contributed by atoms with E-state index in [1.54, 1.807) is 0 Å². The highest BCUT2D eigenvalue weighted by atomic mass is 32.2. The molecular weight excluding hydrogens is 498 g/mol. The first-order valence-electron chi connectivity index (χ1n) is 9.51. The molecule has 0 fully saturated rings. The Morgan fingerprint density at radius 2 is 1.49 bits per heavy atom. The van der Waals surface area contributed by atoms with Gasteiger partial charge in [0.2, 0.25) is 10.0 Å². The Labute approximate surface area is 194 Å². The number of benzene rings is 2. The molecule has 0 spiro atoms. The van der Waals surface area contributed by atoms with Crippen molar-refractivity contribution in [3.63, 3.8) is 0 Å². The van der Waals surface area contributed by atoms with Crippen molar-refractivity contribution < 1.29 is 34.8 Å². The van der Waals surface area contributed by atoms with E-state index in [1.165, 1.54) is 24.3 Å². The third-order valence-electron chi connectivity index (χ3n) is 4.81. The van der Waals surface area contributed by atoms with Gasteiger partial charge in [-0.25, -0.2) is 23.5 Å². The number of nitrogens with zero attached hydrogens (tertiary/aromatic N) is 3. The van der Waals surface area contributed by atoms with E-state index in [1.807, 2.05) is 0 Å². The molecule has 0 radical (unpaired) electrons. The number of fused-ring (bicyclic) bond motifs is 1. The number of primary sulfonamides is 1. The maximum atomic E-state index is 13.7. The lowest BCUT2D eigenvalue weighted by Gasteiger charge is -2.12. The Hall–Kier alpha value is -3.89. The lowest BCUT2D eigenvalue weighted by Crippen LogP contribution is -2.12. The van der Waals surface area contributed by atoms with Crippen molar-refractivity contribution in [1.29, 1.82) is 0 Å². The molecular formula is C22H12F6N4O2S. The standard InChI is InChI=1S/C22H12F6N4O2S/c23-21(24,25)15-6-4-14(5-7-15)18-11-19(22(26,27)28)32-12-30-17(20(32)31-18)10-3-13-1-8-16(9-2-13)35(29,33)34/h1-2,4-9,11-12H,(H2,29,33,34). The summed E-state index contributed by atoms with van der Waals surface area (Å²) >= 11 is 0. The Morgan fingerprint density at radius 3 is 2.03 bits per heavy atom. The molecule has 4 rings (SSSR count). The molecule has 0 unspecified atom stereocenters. The minimum absolute atomic E-state index is 0.0321. The number of imidazole rings is 1. The van der Waals surface area contributed by atoms with Crippen LogP contribution in [-0.2, 0) is 22.4 Å². The van der Waals surface area contributed by atoms with E-state index < -0.39 is 33.6 Å². The zero-order valence-corrected chi connectivity index (χ0v) is 18.0. The van der Waals surface area contributed by atoms with Crippen molar-refractivity contribution in [1.82, 2.24) is 14.4 Å². The van der Waals surface area contributed by atoms with E-state index >= 15 is 0 Å². The van der Waals surface area contributed by atoms with E-state index in [0.717, 1.165) is 30.6 Å². The largest absolute Gasteiger partial charge is 0.431 e. The van der Waals surface area contributed by atoms with Gasteiger partial charge in [0.15, 0.2) is 11.3 Å². The molecule has 0 aliphatic rings. The first-order valence-corrected chi connectivity index (χ1v) is 11.1. The molecule has 180 valence electrons. The first kappa shape index (κ1) is 24.2. The van der Waals surface area contributed by atoms with Crippen molar-refractivity contribution in [2.45, 2.75) is 17.2 Å². The molecule has 0 saturated carbocycles. The number of hydrogen-bond acceptors (Lipinski definition) is 4. The predicted molar refractivity (Wildman–Crippen MR) is 112 cm³/mol. The lowest BCUT2D eigenvalue weighted by molar-refractivity contribution is -0.142. The van der Waals surface area contributed by atoms with Crippen LogP contribution in [0.4, 0.5) is 26.3 Å². The Morgan fingerprint density at radius 1 is 0.857 bits per heavy atom. The quantitative estimate of drug-likeness (QED) is 0.318. The number of hydrogen-bond donors (Lipinski definition) is 1. The van der Waals surface area contributed by atoms with Gasteiger partial charge in [-0.15, -0.1) is 0 Å². The Bertz CT molecular complexity index is 1580. The van der Waals surface area contributed by atoms with Crippen molar-refractivity contribution in [2.24, 2.45) is 5.14 Å². The fourth-order valence-electron chi connectivity index (χ4n) is 3.11. The highest BCUT2D eigenvalue weighted by Gasteiger charge is 2.35. The minimum atomic E-state index is -4.82. The van der Waals surface area contributed by atoms with Crippen LogP contribution < -0.4 is 5.14 Å². The normalized spacial score (nSPS) is 12.4. The fraction of sp³-hybridized carbons (Fsp3) is 0.0909. The number of rotatable bonds is 2. The zero-order valence-electron chi connectivity index (χ0n) is 17.2. The second-order valence-corrected chi connectivity index (χ2v) is 8.77. The van der Waals surface area contributed by atoms with Crippen LogP contribution in [0.25, 0.3) is 16.9 Å². The summed E-state index contributed by atoms with van der Waals surface area (Å²) in [6, 6.07) is 9.39. The molecule has 2 aromatic heterocycles.